The number of hydrogen-bond donors (Lipinski definition) is 1. The molecule has 0 aliphatic carbocycles. The molecule has 11 heteroatoms. The first-order valence-corrected chi connectivity index (χ1v) is 8.31. The number of amides is 2. The van der Waals surface area contributed by atoms with Crippen LogP contribution < -0.4 is 15.0 Å². The van der Waals surface area contributed by atoms with Gasteiger partial charge in [0.05, 0.1) is 5.69 Å². The number of para-hydroxylation sites is 2. The number of carbonyl (C=O) groups excluding carboxylic acids is 2. The normalized spacial score (nSPS) is 18.0. The molecule has 2 rings (SSSR count). The van der Waals surface area contributed by atoms with Gasteiger partial charge in [0.1, 0.15) is 24.3 Å². The van der Waals surface area contributed by atoms with Crippen molar-refractivity contribution in [1.29, 1.82) is 0 Å². The first-order chi connectivity index (χ1) is 13.2. The number of likely N-dealkylation sites (N-methyl/N-ethyl adjacent to an activating group) is 1. The number of benzene rings is 1. The van der Waals surface area contributed by atoms with Crippen LogP contribution in [0.4, 0.5) is 18.9 Å². The van der Waals surface area contributed by atoms with Gasteiger partial charge in [-0.1, -0.05) is 24.3 Å². The van der Waals surface area contributed by atoms with E-state index in [0.29, 0.717) is 11.4 Å². The van der Waals surface area contributed by atoms with E-state index in [1.807, 2.05) is 0 Å². The third-order valence-electron chi connectivity index (χ3n) is 4.21. The van der Waals surface area contributed by atoms with Crippen molar-refractivity contribution in [3.63, 3.8) is 0 Å². The largest absolute Gasteiger partial charge is 0.709 e. The van der Waals surface area contributed by atoms with Gasteiger partial charge in [-0.3, -0.25) is 4.79 Å². The maximum atomic E-state index is 12.8. The minimum Gasteiger partial charge on any atom is -0.709 e. The van der Waals surface area contributed by atoms with Crippen LogP contribution in [0.1, 0.15) is 12.8 Å². The van der Waals surface area contributed by atoms with Gasteiger partial charge in [0.2, 0.25) is 0 Å². The van der Waals surface area contributed by atoms with Crippen LogP contribution in [-0.4, -0.2) is 37.7 Å². The molecule has 0 bridgehead atoms. The molecule has 2 amide bonds. The quantitative estimate of drug-likeness (QED) is 0.319. The van der Waals surface area contributed by atoms with Crippen LogP contribution >= 0.6 is 0 Å². The van der Waals surface area contributed by atoms with Gasteiger partial charge >= 0.3 is 6.18 Å². The minimum atomic E-state index is -4.52. The summed E-state index contributed by atoms with van der Waals surface area (Å²) in [6.07, 6.45) is -3.56. The number of anilines is 1. The molecule has 0 unspecified atom stereocenters. The van der Waals surface area contributed by atoms with Gasteiger partial charge < -0.3 is 37.3 Å². The summed E-state index contributed by atoms with van der Waals surface area (Å²) in [7, 11) is 1.50. The number of alkyl halides is 3. The van der Waals surface area contributed by atoms with Crippen molar-refractivity contribution in [3.8, 4) is 5.75 Å². The van der Waals surface area contributed by atoms with E-state index in [1.54, 1.807) is 24.3 Å². The summed E-state index contributed by atoms with van der Waals surface area (Å²) in [5.41, 5.74) is 8.72. The Labute approximate surface area is 180 Å². The molecule has 0 radical (unpaired) electrons. The van der Waals surface area contributed by atoms with Gasteiger partial charge in [-0.05, 0) is 12.1 Å². The van der Waals surface area contributed by atoms with Crippen molar-refractivity contribution in [2.75, 3.05) is 18.6 Å². The topological polar surface area (TPSA) is 93.3 Å². The van der Waals surface area contributed by atoms with Crippen LogP contribution in [0.25, 0.3) is 5.53 Å². The Balaban J connectivity index is 0.00000420. The maximum Gasteiger partial charge on any atom is 0.388 e. The first kappa shape index (κ1) is 24.8. The van der Waals surface area contributed by atoms with E-state index in [4.69, 9.17) is 10.3 Å². The van der Waals surface area contributed by atoms with Crippen molar-refractivity contribution in [1.82, 2.24) is 5.32 Å². The molecular formula is C18H18F3N4O3W-3. The van der Waals surface area contributed by atoms with E-state index in [2.05, 4.69) is 23.4 Å². The predicted molar refractivity (Wildman–Crippen MR) is 94.0 cm³/mol. The molecule has 0 saturated carbocycles. The molecule has 7 nitrogen and oxygen atoms in total. The van der Waals surface area contributed by atoms with E-state index in [9.17, 15) is 22.8 Å². The third kappa shape index (κ3) is 6.13. The van der Waals surface area contributed by atoms with Gasteiger partial charge in [0.25, 0.3) is 5.91 Å². The van der Waals surface area contributed by atoms with Crippen molar-refractivity contribution in [3.05, 3.63) is 48.5 Å². The van der Waals surface area contributed by atoms with Gasteiger partial charge in [-0.15, -0.1) is 0 Å². The molecule has 0 spiro atoms. The van der Waals surface area contributed by atoms with Crippen LogP contribution in [0.5, 0.6) is 5.75 Å². The number of halogens is 3. The van der Waals surface area contributed by atoms with Crippen molar-refractivity contribution < 1.29 is 48.6 Å². The van der Waals surface area contributed by atoms with Gasteiger partial charge in [-0.2, -0.15) is 19.6 Å². The van der Waals surface area contributed by atoms with E-state index < -0.39 is 48.5 Å². The second-order valence-corrected chi connectivity index (χ2v) is 6.06. The van der Waals surface area contributed by atoms with Gasteiger partial charge in [0, 0.05) is 34.0 Å². The third-order valence-corrected chi connectivity index (χ3v) is 4.21. The number of rotatable bonds is 6. The zero-order valence-electron chi connectivity index (χ0n) is 15.4. The SMILES string of the molecule is [CH2-]C[C@@H](C[C-]=C(N=[N-])C(=O)N[C@H]1COc2ccccc2N(C)C1=O)C(F)(F)F.[W]. The number of allylic oxidation sites excluding steroid dienone is 1. The molecule has 158 valence electrons. The Hall–Kier alpha value is -2.22. The molecule has 1 aliphatic heterocycles. The van der Waals surface area contributed by atoms with Gasteiger partial charge in [-0.25, -0.2) is 6.08 Å². The summed E-state index contributed by atoms with van der Waals surface area (Å²) in [5, 5.41) is 4.99. The Kier molecular flexibility index (Phi) is 9.01. The summed E-state index contributed by atoms with van der Waals surface area (Å²) in [5.74, 6) is -2.94. The molecule has 2 atom stereocenters. The molecule has 29 heavy (non-hydrogen) atoms. The van der Waals surface area contributed by atoms with E-state index >= 15 is 0 Å². The van der Waals surface area contributed by atoms with E-state index in [-0.39, 0.29) is 27.7 Å². The molecular weight excluding hydrogens is 561 g/mol. The second-order valence-electron chi connectivity index (χ2n) is 6.06. The number of carbonyl (C=O) groups is 2. The minimum absolute atomic E-state index is 0. The van der Waals surface area contributed by atoms with Crippen LogP contribution in [0.3, 0.4) is 0 Å². The smallest absolute Gasteiger partial charge is 0.388 e. The predicted octanol–water partition coefficient (Wildman–Crippen LogP) is 3.03. The Bertz CT molecular complexity index is 786. The maximum absolute atomic E-state index is 12.8. The fourth-order valence-electron chi connectivity index (χ4n) is 2.55. The number of ether oxygens (including phenoxy) is 1. The second kappa shape index (κ2) is 10.5. The van der Waals surface area contributed by atoms with Gasteiger partial charge in [0.15, 0.2) is 0 Å². The number of nitrogens with zero attached hydrogens (tertiary/aromatic N) is 3. The van der Waals surface area contributed by atoms with Crippen LogP contribution in [0.2, 0.25) is 0 Å². The van der Waals surface area contributed by atoms with E-state index in [1.165, 1.54) is 11.9 Å². The zero-order chi connectivity index (χ0) is 20.9. The number of fused-ring (bicyclic) bond motifs is 1. The molecule has 1 heterocycles. The number of hydrogen-bond acceptors (Lipinski definition) is 4. The van der Waals surface area contributed by atoms with Crippen LogP contribution in [0.15, 0.2) is 35.1 Å². The molecule has 1 N–H and O–H groups in total. The summed E-state index contributed by atoms with van der Waals surface area (Å²) in [6, 6.07) is 5.62. The molecule has 1 aliphatic rings. The summed E-state index contributed by atoms with van der Waals surface area (Å²) in [4.78, 5) is 26.1. The summed E-state index contributed by atoms with van der Waals surface area (Å²) in [6.45, 7) is 3.01. The van der Waals surface area contributed by atoms with Crippen LogP contribution in [0, 0.1) is 18.9 Å². The summed E-state index contributed by atoms with van der Waals surface area (Å²) < 4.78 is 43.8. The average Bonchev–Trinajstić information content (AvgIpc) is 2.76. The van der Waals surface area contributed by atoms with Crippen molar-refractivity contribution in [2.45, 2.75) is 25.1 Å². The standard InChI is InChI=1S/C18H18F3N4O3.W/c1-3-11(18(19,20)21)8-9-12(24-22)16(26)23-13-10-28-15-7-5-4-6-14(15)25(2)17(13)27;/h4-7,11,13H,1,3,8,10H2,2H3,(H,23,26);/q-3;/t11-,13-;/m0./s1. The Morgan fingerprint density at radius 1 is 1.48 bits per heavy atom. The molecule has 0 saturated heterocycles. The fourth-order valence-corrected chi connectivity index (χ4v) is 2.55. The van der Waals surface area contributed by atoms with E-state index in [0.717, 1.165) is 0 Å². The first-order valence-electron chi connectivity index (χ1n) is 8.31. The zero-order valence-corrected chi connectivity index (χ0v) is 18.3. The van der Waals surface area contributed by atoms with Crippen molar-refractivity contribution >= 4 is 17.5 Å². The molecule has 1 aromatic rings. The monoisotopic (exact) mass is 579 g/mol. The molecule has 0 aromatic heterocycles. The Morgan fingerprint density at radius 2 is 2.14 bits per heavy atom. The molecule has 1 aromatic carbocycles. The Morgan fingerprint density at radius 3 is 2.72 bits per heavy atom. The molecule has 0 fully saturated rings. The average molecular weight is 579 g/mol. The summed E-state index contributed by atoms with van der Waals surface area (Å²) >= 11 is 0. The van der Waals surface area contributed by atoms with Crippen LogP contribution in [-0.2, 0) is 30.7 Å². The van der Waals surface area contributed by atoms with Crippen molar-refractivity contribution in [2.24, 2.45) is 11.0 Å². The number of nitrogens with one attached hydrogen (secondary N) is 1. The fraction of sp³-hybridized carbons (Fsp3) is 0.389.